The Bertz CT molecular complexity index is 1400. The van der Waals surface area contributed by atoms with Gasteiger partial charge in [-0.25, -0.2) is 23.0 Å². The van der Waals surface area contributed by atoms with E-state index >= 15 is 0 Å². The summed E-state index contributed by atoms with van der Waals surface area (Å²) in [6.45, 7) is 4.60. The zero-order valence-electron chi connectivity index (χ0n) is 22.1. The summed E-state index contributed by atoms with van der Waals surface area (Å²) in [6, 6.07) is 3.34. The molecule has 1 atom stereocenters. The minimum atomic E-state index is -3.64. The molecule has 1 saturated heterocycles. The number of urea groups is 1. The molecule has 0 spiro atoms. The smallest absolute Gasteiger partial charge is 0.407 e. The molecule has 15 heteroatoms. The summed E-state index contributed by atoms with van der Waals surface area (Å²) in [6.07, 6.45) is 2.91. The molecule has 4 rings (SSSR count). The van der Waals surface area contributed by atoms with Crippen molar-refractivity contribution >= 4 is 56.7 Å². The van der Waals surface area contributed by atoms with Crippen LogP contribution in [0.3, 0.4) is 0 Å². The Morgan fingerprint density at radius 2 is 1.92 bits per heavy atom. The van der Waals surface area contributed by atoms with Gasteiger partial charge in [-0.1, -0.05) is 0 Å². The number of aromatic nitrogens is 2. The molecular formula is C24H32N8O6S. The van der Waals surface area contributed by atoms with E-state index in [1.165, 1.54) is 34.2 Å². The third-order valence-electron chi connectivity index (χ3n) is 6.66. The second-order valence-corrected chi connectivity index (χ2v) is 11.8. The number of benzene rings is 1. The van der Waals surface area contributed by atoms with Crippen LogP contribution in [-0.2, 0) is 14.6 Å². The first-order chi connectivity index (χ1) is 18.3. The lowest BCUT2D eigenvalue weighted by molar-refractivity contribution is -0.117. The van der Waals surface area contributed by atoms with Crippen molar-refractivity contribution in [3.05, 3.63) is 24.4 Å². The number of likely N-dealkylation sites (tertiary alicyclic amines) is 1. The van der Waals surface area contributed by atoms with Gasteiger partial charge < -0.3 is 35.8 Å². The van der Waals surface area contributed by atoms with Crippen LogP contribution < -0.4 is 25.8 Å². The van der Waals surface area contributed by atoms with Crippen molar-refractivity contribution in [1.29, 1.82) is 0 Å². The van der Waals surface area contributed by atoms with Crippen LogP contribution in [0.2, 0.25) is 0 Å². The van der Waals surface area contributed by atoms with Crippen molar-refractivity contribution in [2.24, 2.45) is 0 Å². The van der Waals surface area contributed by atoms with Gasteiger partial charge in [0, 0.05) is 43.8 Å². The van der Waals surface area contributed by atoms with Gasteiger partial charge in [-0.2, -0.15) is 4.98 Å². The molecule has 0 aliphatic carbocycles. The first-order valence-corrected chi connectivity index (χ1v) is 14.3. The number of sulfone groups is 1. The van der Waals surface area contributed by atoms with E-state index < -0.39 is 22.0 Å². The molecule has 4 N–H and O–H groups in total. The molecule has 39 heavy (non-hydrogen) atoms. The van der Waals surface area contributed by atoms with Gasteiger partial charge in [-0.3, -0.25) is 4.79 Å². The predicted molar refractivity (Wildman–Crippen MR) is 146 cm³/mol. The molecule has 14 nitrogen and oxygen atoms in total. The monoisotopic (exact) mass is 560 g/mol. The molecule has 2 aliphatic rings. The van der Waals surface area contributed by atoms with Crippen molar-refractivity contribution in [3.63, 3.8) is 0 Å². The fraction of sp³-hybridized carbons (Fsp3) is 0.458. The first-order valence-electron chi connectivity index (χ1n) is 12.4. The maximum absolute atomic E-state index is 12.6. The number of hydrogen-bond donors (Lipinski definition) is 4. The van der Waals surface area contributed by atoms with E-state index in [0.717, 1.165) is 12.7 Å². The van der Waals surface area contributed by atoms with Crippen LogP contribution in [0.1, 0.15) is 26.7 Å². The normalized spacial score (nSPS) is 17.3. The molecule has 1 aromatic heterocycles. The largest absolute Gasteiger partial charge is 0.465 e. The number of anilines is 5. The summed E-state index contributed by atoms with van der Waals surface area (Å²) in [5.74, 6) is 0.654. The summed E-state index contributed by atoms with van der Waals surface area (Å²) < 4.78 is 24.7. The standard InChI is InChI=1S/C24H32N8O6S/c1-14(2)32-13-20(33)30(3)19-12-25-22(29-21(19)32)27-15-8-16(10-18(9-15)39(4,37)38)28-23(34)26-11-17-6-5-7-31(17)24(35)36/h8-10,12,14,17H,5-7,11,13H2,1-4H3,(H,35,36)(H,25,27,29)(H2,26,28,34). The molecule has 210 valence electrons. The Kier molecular flexibility index (Phi) is 7.81. The van der Waals surface area contributed by atoms with Crippen molar-refractivity contribution in [3.8, 4) is 0 Å². The zero-order valence-corrected chi connectivity index (χ0v) is 22.9. The Balaban J connectivity index is 1.55. The maximum atomic E-state index is 12.6. The zero-order chi connectivity index (χ0) is 28.5. The lowest BCUT2D eigenvalue weighted by Gasteiger charge is -2.36. The van der Waals surface area contributed by atoms with Gasteiger partial charge in [0.15, 0.2) is 15.7 Å². The average molecular weight is 561 g/mol. The van der Waals surface area contributed by atoms with Crippen molar-refractivity contribution in [2.75, 3.05) is 53.4 Å². The summed E-state index contributed by atoms with van der Waals surface area (Å²) >= 11 is 0. The van der Waals surface area contributed by atoms with Crippen molar-refractivity contribution < 1.29 is 27.9 Å². The number of nitrogens with zero attached hydrogens (tertiary/aromatic N) is 5. The molecule has 0 radical (unpaired) electrons. The summed E-state index contributed by atoms with van der Waals surface area (Å²) in [5, 5.41) is 17.6. The molecular weight excluding hydrogens is 528 g/mol. The van der Waals surface area contributed by atoms with Gasteiger partial charge in [-0.05, 0) is 44.9 Å². The van der Waals surface area contributed by atoms with E-state index in [-0.39, 0.29) is 47.6 Å². The van der Waals surface area contributed by atoms with E-state index in [1.807, 2.05) is 18.7 Å². The molecule has 1 unspecified atom stereocenters. The molecule has 0 bridgehead atoms. The Labute approximate surface area is 226 Å². The van der Waals surface area contributed by atoms with E-state index in [0.29, 0.717) is 30.2 Å². The van der Waals surface area contributed by atoms with Gasteiger partial charge in [0.2, 0.25) is 11.9 Å². The van der Waals surface area contributed by atoms with Crippen LogP contribution in [0.5, 0.6) is 0 Å². The second-order valence-electron chi connectivity index (χ2n) is 9.83. The number of hydrogen-bond acceptors (Lipinski definition) is 9. The molecule has 2 aromatic rings. The van der Waals surface area contributed by atoms with Crippen LogP contribution in [0.25, 0.3) is 0 Å². The van der Waals surface area contributed by atoms with Gasteiger partial charge in [-0.15, -0.1) is 0 Å². The topological polar surface area (TPSA) is 177 Å². The van der Waals surface area contributed by atoms with E-state index in [1.54, 1.807) is 7.05 Å². The van der Waals surface area contributed by atoms with Crippen LogP contribution in [0.15, 0.2) is 29.3 Å². The molecule has 0 saturated carbocycles. The number of carbonyl (C=O) groups is 3. The summed E-state index contributed by atoms with van der Waals surface area (Å²) in [4.78, 5) is 49.7. The SMILES string of the molecule is CC(C)N1CC(=O)N(C)c2cnc(Nc3cc(NC(=O)NCC4CCCN4C(=O)O)cc(S(C)(=O)=O)c3)nc21. The van der Waals surface area contributed by atoms with Crippen molar-refractivity contribution in [1.82, 2.24) is 20.2 Å². The number of rotatable bonds is 7. The molecule has 1 fully saturated rings. The molecule has 3 heterocycles. The quantitative estimate of drug-likeness (QED) is 0.392. The van der Waals surface area contributed by atoms with Crippen LogP contribution in [0, 0.1) is 0 Å². The number of carbonyl (C=O) groups excluding carboxylic acids is 2. The van der Waals surface area contributed by atoms with Gasteiger partial charge in [0.25, 0.3) is 0 Å². The van der Waals surface area contributed by atoms with Crippen LogP contribution in [0.4, 0.5) is 38.4 Å². The number of likely N-dealkylation sites (N-methyl/N-ethyl adjacent to an activating group) is 1. The van der Waals surface area contributed by atoms with Crippen LogP contribution >= 0.6 is 0 Å². The van der Waals surface area contributed by atoms with E-state index in [4.69, 9.17) is 0 Å². The number of fused-ring (bicyclic) bond motifs is 1. The Hall–Kier alpha value is -4.14. The lowest BCUT2D eigenvalue weighted by Crippen LogP contribution is -2.47. The summed E-state index contributed by atoms with van der Waals surface area (Å²) in [5.41, 5.74) is 1.07. The lowest BCUT2D eigenvalue weighted by atomic mass is 10.2. The molecule has 1 aromatic carbocycles. The highest BCUT2D eigenvalue weighted by atomic mass is 32.2. The highest BCUT2D eigenvalue weighted by Crippen LogP contribution is 2.33. The summed E-state index contributed by atoms with van der Waals surface area (Å²) in [7, 11) is -1.99. The fourth-order valence-corrected chi connectivity index (χ4v) is 5.22. The highest BCUT2D eigenvalue weighted by Gasteiger charge is 2.31. The van der Waals surface area contributed by atoms with Crippen molar-refractivity contribution in [2.45, 2.75) is 43.7 Å². The van der Waals surface area contributed by atoms with Gasteiger partial charge >= 0.3 is 12.1 Å². The third-order valence-corrected chi connectivity index (χ3v) is 7.75. The van der Waals surface area contributed by atoms with E-state index in [2.05, 4.69) is 25.9 Å². The number of carboxylic acid groups (broad SMARTS) is 1. The maximum Gasteiger partial charge on any atom is 0.407 e. The minimum Gasteiger partial charge on any atom is -0.465 e. The highest BCUT2D eigenvalue weighted by molar-refractivity contribution is 7.90. The molecule has 2 aliphatic heterocycles. The van der Waals surface area contributed by atoms with E-state index in [9.17, 15) is 27.9 Å². The Morgan fingerprint density at radius 3 is 2.59 bits per heavy atom. The Morgan fingerprint density at radius 1 is 1.21 bits per heavy atom. The van der Waals surface area contributed by atoms with Gasteiger partial charge in [0.1, 0.15) is 5.69 Å². The molecule has 4 amide bonds. The average Bonchev–Trinajstić information content (AvgIpc) is 3.33. The predicted octanol–water partition coefficient (Wildman–Crippen LogP) is 2.08. The first kappa shape index (κ1) is 27.9. The third kappa shape index (κ3) is 6.30. The van der Waals surface area contributed by atoms with Crippen LogP contribution in [-0.4, -0.2) is 91.4 Å². The second kappa shape index (κ2) is 10.9. The number of nitrogens with one attached hydrogen (secondary N) is 3. The number of amides is 4. The minimum absolute atomic E-state index is 0.00108. The van der Waals surface area contributed by atoms with Gasteiger partial charge in [0.05, 0.1) is 23.7 Å². The fourth-order valence-electron chi connectivity index (χ4n) is 4.53.